The summed E-state index contributed by atoms with van der Waals surface area (Å²) in [7, 11) is 0. The first-order valence-electron chi connectivity index (χ1n) is 6.46. The Bertz CT molecular complexity index is 731. The molecule has 0 aliphatic carbocycles. The van der Waals surface area contributed by atoms with Gasteiger partial charge in [0.25, 0.3) is 13.1 Å². The molecule has 2 aromatic rings. The second kappa shape index (κ2) is 6.78. The van der Waals surface area contributed by atoms with Gasteiger partial charge in [0.1, 0.15) is 11.5 Å². The lowest BCUT2D eigenvalue weighted by atomic mass is 10.1. The van der Waals surface area contributed by atoms with Crippen LogP contribution in [-0.4, -0.2) is 10.2 Å². The van der Waals surface area contributed by atoms with Crippen molar-refractivity contribution in [2.45, 2.75) is 0 Å². The van der Waals surface area contributed by atoms with Crippen LogP contribution in [0.2, 0.25) is 0 Å². The van der Waals surface area contributed by atoms with Crippen LogP contribution in [0.15, 0.2) is 59.9 Å². The highest BCUT2D eigenvalue weighted by molar-refractivity contribution is 5.70. The van der Waals surface area contributed by atoms with Crippen molar-refractivity contribution in [1.82, 2.24) is 0 Å². The fourth-order valence-electron chi connectivity index (χ4n) is 1.81. The number of phenolic OH excluding ortho intramolecular Hbond substituents is 2. The molecule has 0 saturated heterocycles. The van der Waals surface area contributed by atoms with Crippen LogP contribution in [0.3, 0.4) is 0 Å². The number of phenols is 2. The Morgan fingerprint density at radius 1 is 0.682 bits per heavy atom. The van der Waals surface area contributed by atoms with E-state index in [1.807, 2.05) is 0 Å². The fraction of sp³-hybridized carbons (Fsp3) is 0. The normalized spacial score (nSPS) is 11.5. The third-order valence-corrected chi connectivity index (χ3v) is 2.93. The summed E-state index contributed by atoms with van der Waals surface area (Å²) in [6.07, 6.45) is 3.39. The van der Waals surface area contributed by atoms with Gasteiger partial charge in [0.15, 0.2) is 0 Å². The standard InChI is InChI=1S/C18H12N2O2/c1-19-17(11-13-3-7-15(21)8-4-13)18(20-2)12-14-5-9-16(22)10-6-14/h1-12H/p+2. The molecule has 0 amide bonds. The summed E-state index contributed by atoms with van der Waals surface area (Å²) in [5.41, 5.74) is 2.37. The Kier molecular flexibility index (Phi) is 4.59. The zero-order valence-corrected chi connectivity index (χ0v) is 11.7. The van der Waals surface area contributed by atoms with Crippen molar-refractivity contribution in [1.29, 1.82) is 0 Å². The summed E-state index contributed by atoms with van der Waals surface area (Å²) in [5, 5.41) is 18.6. The van der Waals surface area contributed by atoms with E-state index in [1.54, 1.807) is 60.7 Å². The van der Waals surface area contributed by atoms with E-state index in [1.165, 1.54) is 0 Å². The van der Waals surface area contributed by atoms with Crippen LogP contribution in [0.25, 0.3) is 21.8 Å². The van der Waals surface area contributed by atoms with Gasteiger partial charge in [-0.05, 0) is 45.1 Å². The smallest absolute Gasteiger partial charge is 0.430 e. The van der Waals surface area contributed by atoms with Gasteiger partial charge in [-0.2, -0.15) is 0 Å². The van der Waals surface area contributed by atoms with Gasteiger partial charge < -0.3 is 10.2 Å². The highest BCUT2D eigenvalue weighted by Crippen LogP contribution is 2.22. The summed E-state index contributed by atoms with van der Waals surface area (Å²) in [6, 6.07) is 13.1. The van der Waals surface area contributed by atoms with Crippen LogP contribution in [0, 0.1) is 13.1 Å². The average Bonchev–Trinajstić information content (AvgIpc) is 2.54. The Morgan fingerprint density at radius 2 is 1.00 bits per heavy atom. The van der Waals surface area contributed by atoms with E-state index in [9.17, 15) is 10.2 Å². The minimum atomic E-state index is 0.173. The SMILES string of the molecule is C#[N+]C(=Cc1ccc(O)cc1)C(=Cc1ccc(O)cc1)[N+]#C. The van der Waals surface area contributed by atoms with E-state index >= 15 is 0 Å². The van der Waals surface area contributed by atoms with E-state index in [0.717, 1.165) is 11.1 Å². The second-order valence-corrected chi connectivity index (χ2v) is 4.50. The molecule has 0 bridgehead atoms. The van der Waals surface area contributed by atoms with Gasteiger partial charge >= 0.3 is 11.4 Å². The molecule has 2 rings (SSSR count). The number of nitrogens with zero attached hydrogens (tertiary/aromatic N) is 2. The molecular weight excluding hydrogens is 276 g/mol. The van der Waals surface area contributed by atoms with E-state index < -0.39 is 0 Å². The van der Waals surface area contributed by atoms with Crippen LogP contribution < -0.4 is 0 Å². The third kappa shape index (κ3) is 3.75. The number of hydrogen-bond donors (Lipinski definition) is 2. The predicted molar refractivity (Wildman–Crippen MR) is 88.8 cm³/mol. The summed E-state index contributed by atoms with van der Waals surface area (Å²) in [4.78, 5) is 7.40. The molecular formula is C18H14N2O2+2. The molecule has 106 valence electrons. The number of benzene rings is 2. The number of rotatable bonds is 3. The summed E-state index contributed by atoms with van der Waals surface area (Å²) >= 11 is 0. The molecule has 0 aliphatic heterocycles. The van der Waals surface area contributed by atoms with Crippen LogP contribution in [-0.2, 0) is 0 Å². The first kappa shape index (κ1) is 14.9. The number of hydrogen-bond acceptors (Lipinski definition) is 2. The first-order valence-corrected chi connectivity index (χ1v) is 6.46. The molecule has 2 aromatic carbocycles. The lowest BCUT2D eigenvalue weighted by molar-refractivity contribution is 0.474. The minimum absolute atomic E-state index is 0.173. The maximum absolute atomic E-state index is 9.28. The van der Waals surface area contributed by atoms with Crippen LogP contribution >= 0.6 is 0 Å². The van der Waals surface area contributed by atoms with E-state index in [2.05, 4.69) is 9.69 Å². The van der Waals surface area contributed by atoms with Gasteiger partial charge in [0.05, 0.1) is 0 Å². The Labute approximate surface area is 128 Å². The molecule has 4 nitrogen and oxygen atoms in total. The van der Waals surface area contributed by atoms with Crippen LogP contribution in [0.4, 0.5) is 0 Å². The second-order valence-electron chi connectivity index (χ2n) is 4.50. The zero-order chi connectivity index (χ0) is 15.9. The monoisotopic (exact) mass is 290 g/mol. The Hall–Kier alpha value is -3.50. The van der Waals surface area contributed by atoms with E-state index in [0.29, 0.717) is 11.4 Å². The molecule has 4 heteroatoms. The molecule has 0 saturated carbocycles. The quantitative estimate of drug-likeness (QED) is 0.823. The van der Waals surface area contributed by atoms with Crippen molar-refractivity contribution >= 4 is 12.2 Å². The lowest BCUT2D eigenvalue weighted by Crippen LogP contribution is -1.82. The maximum Gasteiger partial charge on any atom is 0.430 e. The molecule has 22 heavy (non-hydrogen) atoms. The lowest BCUT2D eigenvalue weighted by Gasteiger charge is -1.93. The highest BCUT2D eigenvalue weighted by Gasteiger charge is 2.24. The minimum Gasteiger partial charge on any atom is -0.508 e. The number of aromatic hydroxyl groups is 2. The topological polar surface area (TPSA) is 49.2 Å². The average molecular weight is 290 g/mol. The molecule has 0 heterocycles. The van der Waals surface area contributed by atoms with Crippen LogP contribution in [0.1, 0.15) is 11.1 Å². The summed E-state index contributed by atoms with van der Waals surface area (Å²) < 4.78 is 0. The largest absolute Gasteiger partial charge is 0.508 e. The Balaban J connectivity index is 2.39. The molecule has 0 atom stereocenters. The van der Waals surface area contributed by atoms with Crippen molar-refractivity contribution in [2.75, 3.05) is 0 Å². The van der Waals surface area contributed by atoms with E-state index in [-0.39, 0.29) is 11.5 Å². The van der Waals surface area contributed by atoms with Crippen molar-refractivity contribution < 1.29 is 10.2 Å². The molecule has 0 spiro atoms. The van der Waals surface area contributed by atoms with Crippen molar-refractivity contribution in [3.05, 3.63) is 80.7 Å². The third-order valence-electron chi connectivity index (χ3n) is 2.93. The summed E-state index contributed by atoms with van der Waals surface area (Å²) in [6.45, 7) is 10.8. The predicted octanol–water partition coefficient (Wildman–Crippen LogP) is 4.41. The molecule has 0 radical (unpaired) electrons. The molecule has 0 aromatic heterocycles. The van der Waals surface area contributed by atoms with Crippen molar-refractivity contribution in [3.63, 3.8) is 0 Å². The summed E-state index contributed by atoms with van der Waals surface area (Å²) in [5.74, 6) is 0.346. The van der Waals surface area contributed by atoms with Gasteiger partial charge in [-0.15, -0.1) is 0 Å². The zero-order valence-electron chi connectivity index (χ0n) is 11.7. The van der Waals surface area contributed by atoms with Crippen molar-refractivity contribution in [2.24, 2.45) is 0 Å². The molecule has 0 unspecified atom stereocenters. The van der Waals surface area contributed by atoms with Gasteiger partial charge in [0.2, 0.25) is 0 Å². The van der Waals surface area contributed by atoms with Gasteiger partial charge in [-0.25, -0.2) is 0 Å². The molecule has 0 aliphatic rings. The molecule has 2 N–H and O–H groups in total. The maximum atomic E-state index is 9.28. The molecule has 0 fully saturated rings. The van der Waals surface area contributed by atoms with Crippen LogP contribution in [0.5, 0.6) is 11.5 Å². The fourth-order valence-corrected chi connectivity index (χ4v) is 1.81. The van der Waals surface area contributed by atoms with Gasteiger partial charge in [0, 0.05) is 12.2 Å². The van der Waals surface area contributed by atoms with Gasteiger partial charge in [-0.1, -0.05) is 24.3 Å². The van der Waals surface area contributed by atoms with Gasteiger partial charge in [-0.3, -0.25) is 0 Å². The first-order chi connectivity index (χ1) is 10.6. The highest BCUT2D eigenvalue weighted by atomic mass is 16.3. The Morgan fingerprint density at radius 3 is 1.27 bits per heavy atom. The van der Waals surface area contributed by atoms with E-state index in [4.69, 9.17) is 13.1 Å². The van der Waals surface area contributed by atoms with Crippen molar-refractivity contribution in [3.8, 4) is 24.6 Å².